The minimum absolute atomic E-state index is 0.415. The molecule has 16 heavy (non-hydrogen) atoms. The van der Waals surface area contributed by atoms with E-state index in [1.807, 2.05) is 10.9 Å². The van der Waals surface area contributed by atoms with Crippen LogP contribution in [-0.2, 0) is 6.54 Å². The number of halogens is 1. The highest BCUT2D eigenvalue weighted by molar-refractivity contribution is 6.29. The Morgan fingerprint density at radius 3 is 3.06 bits per heavy atom. The Kier molecular flexibility index (Phi) is 3.41. The third-order valence-electron chi connectivity index (χ3n) is 2.00. The summed E-state index contributed by atoms with van der Waals surface area (Å²) in [4.78, 5) is 3.88. The van der Waals surface area contributed by atoms with Gasteiger partial charge >= 0.3 is 0 Å². The van der Waals surface area contributed by atoms with Crippen molar-refractivity contribution in [1.29, 1.82) is 0 Å². The molecule has 2 heterocycles. The van der Waals surface area contributed by atoms with Gasteiger partial charge in [0.1, 0.15) is 10.9 Å². The monoisotopic (exact) mass is 237 g/mol. The van der Waals surface area contributed by atoms with Crippen LogP contribution < -0.4 is 4.74 Å². The Morgan fingerprint density at radius 2 is 2.31 bits per heavy atom. The van der Waals surface area contributed by atoms with Crippen molar-refractivity contribution in [3.8, 4) is 11.5 Å². The molecule has 0 radical (unpaired) electrons. The second kappa shape index (κ2) is 4.99. The molecule has 0 saturated heterocycles. The predicted octanol–water partition coefficient (Wildman–Crippen LogP) is 3.13. The smallest absolute Gasteiger partial charge is 0.165 e. The average molecular weight is 238 g/mol. The highest BCUT2D eigenvalue weighted by atomic mass is 35.5. The fourth-order valence-electron chi connectivity index (χ4n) is 1.33. The average Bonchev–Trinajstić information content (AvgIpc) is 2.66. The summed E-state index contributed by atoms with van der Waals surface area (Å²) < 4.78 is 7.42. The van der Waals surface area contributed by atoms with E-state index in [4.69, 9.17) is 16.3 Å². The number of aryl methyl sites for hydroxylation is 1. The summed E-state index contributed by atoms with van der Waals surface area (Å²) in [5.41, 5.74) is 0. The third kappa shape index (κ3) is 2.73. The Morgan fingerprint density at radius 1 is 1.44 bits per heavy atom. The van der Waals surface area contributed by atoms with E-state index >= 15 is 0 Å². The summed E-state index contributed by atoms with van der Waals surface area (Å²) in [6, 6.07) is 3.42. The molecule has 0 N–H and O–H groups in total. The van der Waals surface area contributed by atoms with Gasteiger partial charge in [0.05, 0.1) is 12.4 Å². The van der Waals surface area contributed by atoms with Crippen molar-refractivity contribution in [3.05, 3.63) is 35.9 Å². The van der Waals surface area contributed by atoms with Gasteiger partial charge in [-0.3, -0.25) is 4.68 Å². The summed E-state index contributed by atoms with van der Waals surface area (Å²) in [6.45, 7) is 2.99. The molecule has 2 rings (SSSR count). The summed E-state index contributed by atoms with van der Waals surface area (Å²) in [6.07, 6.45) is 6.19. The molecule has 84 valence electrons. The molecule has 0 atom stereocenters. The van der Waals surface area contributed by atoms with Crippen LogP contribution in [0.15, 0.2) is 30.7 Å². The maximum absolute atomic E-state index is 5.75. The van der Waals surface area contributed by atoms with Crippen LogP contribution in [0, 0.1) is 0 Å². The van der Waals surface area contributed by atoms with E-state index in [2.05, 4.69) is 17.0 Å². The van der Waals surface area contributed by atoms with Gasteiger partial charge in [-0.05, 0) is 12.5 Å². The van der Waals surface area contributed by atoms with Gasteiger partial charge in [0.2, 0.25) is 0 Å². The van der Waals surface area contributed by atoms with Crippen LogP contribution in [-0.4, -0.2) is 14.8 Å². The molecule has 0 aliphatic heterocycles. The van der Waals surface area contributed by atoms with Crippen LogP contribution in [0.25, 0.3) is 0 Å². The van der Waals surface area contributed by atoms with Gasteiger partial charge in [0.25, 0.3) is 0 Å². The molecule has 0 bridgehead atoms. The first kappa shape index (κ1) is 11.0. The number of hydrogen-bond acceptors (Lipinski definition) is 3. The molecular weight excluding hydrogens is 226 g/mol. The van der Waals surface area contributed by atoms with E-state index in [1.54, 1.807) is 24.5 Å². The minimum Gasteiger partial charge on any atom is -0.454 e. The van der Waals surface area contributed by atoms with Crippen molar-refractivity contribution >= 4 is 11.6 Å². The van der Waals surface area contributed by atoms with Crippen molar-refractivity contribution < 1.29 is 4.74 Å². The SMILES string of the molecule is CCCn1cc(Oc2ccnc(Cl)c2)cn1. The van der Waals surface area contributed by atoms with Crippen molar-refractivity contribution in [2.24, 2.45) is 0 Å². The summed E-state index contributed by atoms with van der Waals surface area (Å²) in [5.74, 6) is 1.37. The fourth-order valence-corrected chi connectivity index (χ4v) is 1.50. The van der Waals surface area contributed by atoms with Crippen LogP contribution in [0.4, 0.5) is 0 Å². The van der Waals surface area contributed by atoms with Gasteiger partial charge in [0, 0.05) is 18.8 Å². The first-order valence-electron chi connectivity index (χ1n) is 5.10. The molecule has 5 heteroatoms. The van der Waals surface area contributed by atoms with E-state index < -0.39 is 0 Å². The molecule has 0 unspecified atom stereocenters. The zero-order valence-electron chi connectivity index (χ0n) is 8.93. The highest BCUT2D eigenvalue weighted by Crippen LogP contribution is 2.22. The normalized spacial score (nSPS) is 10.4. The van der Waals surface area contributed by atoms with Gasteiger partial charge in [-0.15, -0.1) is 0 Å². The van der Waals surface area contributed by atoms with Gasteiger partial charge in [-0.1, -0.05) is 18.5 Å². The molecule has 0 aromatic carbocycles. The molecule has 4 nitrogen and oxygen atoms in total. The Balaban J connectivity index is 2.08. The van der Waals surface area contributed by atoms with E-state index in [-0.39, 0.29) is 0 Å². The molecule has 2 aromatic heterocycles. The summed E-state index contributed by atoms with van der Waals surface area (Å²) >= 11 is 5.75. The number of hydrogen-bond donors (Lipinski definition) is 0. The van der Waals surface area contributed by atoms with Crippen LogP contribution in [0.1, 0.15) is 13.3 Å². The van der Waals surface area contributed by atoms with E-state index in [9.17, 15) is 0 Å². The fraction of sp³-hybridized carbons (Fsp3) is 0.273. The van der Waals surface area contributed by atoms with Crippen molar-refractivity contribution in [1.82, 2.24) is 14.8 Å². The molecule has 0 aliphatic rings. The molecule has 0 fully saturated rings. The van der Waals surface area contributed by atoms with Crippen molar-refractivity contribution in [2.45, 2.75) is 19.9 Å². The lowest BCUT2D eigenvalue weighted by molar-refractivity contribution is 0.480. The molecule has 2 aromatic rings. The first-order valence-corrected chi connectivity index (χ1v) is 5.47. The van der Waals surface area contributed by atoms with Crippen LogP contribution >= 0.6 is 11.6 Å². The Hall–Kier alpha value is -1.55. The third-order valence-corrected chi connectivity index (χ3v) is 2.20. The number of ether oxygens (including phenoxy) is 1. The highest BCUT2D eigenvalue weighted by Gasteiger charge is 2.01. The van der Waals surface area contributed by atoms with Crippen LogP contribution in [0.3, 0.4) is 0 Å². The van der Waals surface area contributed by atoms with E-state index in [0.29, 0.717) is 16.7 Å². The topological polar surface area (TPSA) is 39.9 Å². The summed E-state index contributed by atoms with van der Waals surface area (Å²) in [7, 11) is 0. The Bertz CT molecular complexity index is 470. The van der Waals surface area contributed by atoms with Crippen LogP contribution in [0.2, 0.25) is 5.15 Å². The number of nitrogens with zero attached hydrogens (tertiary/aromatic N) is 3. The maximum atomic E-state index is 5.75. The maximum Gasteiger partial charge on any atom is 0.165 e. The molecule has 0 amide bonds. The molecule has 0 spiro atoms. The second-order valence-corrected chi connectivity index (χ2v) is 3.74. The molecular formula is C11H12ClN3O. The number of aromatic nitrogens is 3. The number of rotatable bonds is 4. The predicted molar refractivity (Wildman–Crippen MR) is 61.8 cm³/mol. The Labute approximate surface area is 98.8 Å². The van der Waals surface area contributed by atoms with E-state index in [0.717, 1.165) is 13.0 Å². The van der Waals surface area contributed by atoms with Gasteiger partial charge < -0.3 is 4.74 Å². The second-order valence-electron chi connectivity index (χ2n) is 3.36. The quantitative estimate of drug-likeness (QED) is 0.767. The van der Waals surface area contributed by atoms with Crippen molar-refractivity contribution in [2.75, 3.05) is 0 Å². The number of pyridine rings is 1. The van der Waals surface area contributed by atoms with E-state index in [1.165, 1.54) is 0 Å². The largest absolute Gasteiger partial charge is 0.454 e. The standard InChI is InChI=1S/C11H12ClN3O/c1-2-5-15-8-10(7-14-15)16-9-3-4-13-11(12)6-9/h3-4,6-8H,2,5H2,1H3. The van der Waals surface area contributed by atoms with Gasteiger partial charge in [-0.25, -0.2) is 4.98 Å². The minimum atomic E-state index is 0.415. The summed E-state index contributed by atoms with van der Waals surface area (Å²) in [5, 5.41) is 4.58. The lowest BCUT2D eigenvalue weighted by Gasteiger charge is -2.01. The van der Waals surface area contributed by atoms with Gasteiger partial charge in [-0.2, -0.15) is 5.10 Å². The lowest BCUT2D eigenvalue weighted by atomic mass is 10.4. The van der Waals surface area contributed by atoms with Crippen LogP contribution in [0.5, 0.6) is 11.5 Å². The zero-order valence-corrected chi connectivity index (χ0v) is 9.68. The lowest BCUT2D eigenvalue weighted by Crippen LogP contribution is -1.95. The van der Waals surface area contributed by atoms with Gasteiger partial charge in [0.15, 0.2) is 5.75 Å². The first-order chi connectivity index (χ1) is 7.78. The molecule has 0 saturated carbocycles. The zero-order chi connectivity index (χ0) is 11.4. The molecule has 0 aliphatic carbocycles. The van der Waals surface area contributed by atoms with Crippen molar-refractivity contribution in [3.63, 3.8) is 0 Å².